The summed E-state index contributed by atoms with van der Waals surface area (Å²) >= 11 is 0. The first-order valence-corrected chi connectivity index (χ1v) is 10.3. The van der Waals surface area contributed by atoms with Crippen LogP contribution in [-0.4, -0.2) is 0 Å². The normalized spacial score (nSPS) is 13.2. The molecule has 0 spiro atoms. The number of benzene rings is 1. The van der Waals surface area contributed by atoms with Gasteiger partial charge in [0.15, 0.2) is 0 Å². The van der Waals surface area contributed by atoms with Crippen LogP contribution >= 0.6 is 0 Å². The topological polar surface area (TPSA) is 26.0 Å². The van der Waals surface area contributed by atoms with E-state index < -0.39 is 17.3 Å². The van der Waals surface area contributed by atoms with E-state index in [4.69, 9.17) is 5.73 Å². The molecule has 27 heavy (non-hydrogen) atoms. The minimum Gasteiger partial charge on any atom is -0.321 e. The van der Waals surface area contributed by atoms with Crippen LogP contribution in [0.15, 0.2) is 18.2 Å². The molecule has 0 saturated carbocycles. The molecule has 0 fully saturated rings. The average Bonchev–Trinajstić information content (AvgIpc) is 2.55. The molecule has 0 aromatic heterocycles. The van der Waals surface area contributed by atoms with Gasteiger partial charge in [0, 0.05) is 5.54 Å². The lowest BCUT2D eigenvalue weighted by Gasteiger charge is -2.35. The van der Waals surface area contributed by atoms with Crippen molar-refractivity contribution >= 4 is 0 Å². The summed E-state index contributed by atoms with van der Waals surface area (Å²) in [6, 6.07) is 4.58. The van der Waals surface area contributed by atoms with Crippen LogP contribution < -0.4 is 5.73 Å². The summed E-state index contributed by atoms with van der Waals surface area (Å²) in [5.74, 6) is 1.28. The van der Waals surface area contributed by atoms with Gasteiger partial charge in [0.25, 0.3) is 0 Å². The van der Waals surface area contributed by atoms with Crippen molar-refractivity contribution in [2.45, 2.75) is 91.8 Å². The van der Waals surface area contributed by atoms with Gasteiger partial charge in [-0.05, 0) is 73.5 Å². The van der Waals surface area contributed by atoms with Crippen LogP contribution in [-0.2, 0) is 18.1 Å². The summed E-state index contributed by atoms with van der Waals surface area (Å²) < 4.78 is 41.2. The summed E-state index contributed by atoms with van der Waals surface area (Å²) in [7, 11) is 0. The Kier molecular flexibility index (Phi) is 8.85. The Morgan fingerprint density at radius 2 is 1.22 bits per heavy atom. The lowest BCUT2D eigenvalue weighted by atomic mass is 9.75. The molecular formula is C23H38F3N. The van der Waals surface area contributed by atoms with Crippen molar-refractivity contribution in [3.8, 4) is 0 Å². The molecule has 0 aliphatic carbocycles. The van der Waals surface area contributed by atoms with Crippen molar-refractivity contribution in [1.82, 2.24) is 0 Å². The predicted octanol–water partition coefficient (Wildman–Crippen LogP) is 7.32. The maximum atomic E-state index is 13.7. The molecule has 4 heteroatoms. The Morgan fingerprint density at radius 1 is 0.778 bits per heavy atom. The third-order valence-corrected chi connectivity index (χ3v) is 5.33. The Morgan fingerprint density at radius 3 is 1.63 bits per heavy atom. The van der Waals surface area contributed by atoms with Gasteiger partial charge in [-0.2, -0.15) is 13.2 Å². The molecule has 1 nitrogen and oxygen atoms in total. The van der Waals surface area contributed by atoms with E-state index >= 15 is 0 Å². The maximum absolute atomic E-state index is 13.7. The van der Waals surface area contributed by atoms with Crippen LogP contribution in [0, 0.1) is 17.8 Å². The largest absolute Gasteiger partial charge is 0.416 e. The van der Waals surface area contributed by atoms with Crippen LogP contribution in [0.1, 0.15) is 90.3 Å². The Labute approximate surface area is 163 Å². The molecule has 0 heterocycles. The van der Waals surface area contributed by atoms with Crippen molar-refractivity contribution < 1.29 is 13.2 Å². The van der Waals surface area contributed by atoms with E-state index in [1.165, 1.54) is 12.1 Å². The first kappa shape index (κ1) is 24.0. The quantitative estimate of drug-likeness (QED) is 0.448. The van der Waals surface area contributed by atoms with Crippen molar-refractivity contribution in [2.24, 2.45) is 23.5 Å². The molecule has 1 aromatic rings. The lowest BCUT2D eigenvalue weighted by molar-refractivity contribution is -0.138. The molecule has 0 unspecified atom stereocenters. The molecule has 1 aromatic carbocycles. The van der Waals surface area contributed by atoms with Gasteiger partial charge in [0.05, 0.1) is 5.56 Å². The van der Waals surface area contributed by atoms with E-state index in [1.54, 1.807) is 0 Å². The van der Waals surface area contributed by atoms with E-state index in [2.05, 4.69) is 27.7 Å². The van der Waals surface area contributed by atoms with Crippen molar-refractivity contribution in [1.29, 1.82) is 0 Å². The van der Waals surface area contributed by atoms with E-state index in [1.807, 2.05) is 19.9 Å². The highest BCUT2D eigenvalue weighted by molar-refractivity contribution is 5.41. The minimum absolute atomic E-state index is 0.345. The van der Waals surface area contributed by atoms with Crippen molar-refractivity contribution in [3.05, 3.63) is 34.9 Å². The van der Waals surface area contributed by atoms with Crippen molar-refractivity contribution in [3.63, 3.8) is 0 Å². The number of rotatable bonds is 10. The van der Waals surface area contributed by atoms with Crippen LogP contribution in [0.4, 0.5) is 13.2 Å². The van der Waals surface area contributed by atoms with Crippen molar-refractivity contribution in [2.75, 3.05) is 0 Å². The molecule has 0 atom stereocenters. The summed E-state index contributed by atoms with van der Waals surface area (Å²) in [6.07, 6.45) is 0.0541. The summed E-state index contributed by atoms with van der Waals surface area (Å²) in [6.45, 7) is 12.6. The average molecular weight is 386 g/mol. The van der Waals surface area contributed by atoms with Gasteiger partial charge in [-0.25, -0.2) is 0 Å². The smallest absolute Gasteiger partial charge is 0.321 e. The third kappa shape index (κ3) is 7.48. The van der Waals surface area contributed by atoms with E-state index in [9.17, 15) is 13.2 Å². The van der Waals surface area contributed by atoms with Gasteiger partial charge < -0.3 is 5.73 Å². The van der Waals surface area contributed by atoms with E-state index in [0.29, 0.717) is 48.1 Å². The number of nitrogens with two attached hydrogens (primary N) is 1. The zero-order chi connectivity index (χ0) is 20.8. The van der Waals surface area contributed by atoms with Gasteiger partial charge in [-0.3, -0.25) is 0 Å². The molecule has 0 saturated heterocycles. The molecular weight excluding hydrogens is 347 g/mol. The molecule has 1 rings (SSSR count). The fraction of sp³-hybridized carbons (Fsp3) is 0.739. The molecule has 0 aliphatic rings. The van der Waals surface area contributed by atoms with Crippen LogP contribution in [0.3, 0.4) is 0 Å². The van der Waals surface area contributed by atoms with E-state index in [0.717, 1.165) is 19.3 Å². The SMILES string of the molecule is CC(C)CCc1c(C(F)(F)F)cccc1C(N)(CCC(C)C)CCC(C)C. The standard InChI is InChI=1S/C23H38F3N/c1-16(2)10-11-19-20(8-7-9-21(19)23(24,25)26)22(27,14-12-17(3)4)15-13-18(5)6/h7-9,16-18H,10-15,27H2,1-6H3. The van der Waals surface area contributed by atoms with Gasteiger partial charge in [0.1, 0.15) is 0 Å². The van der Waals surface area contributed by atoms with Gasteiger partial charge in [0.2, 0.25) is 0 Å². The second-order valence-corrected chi connectivity index (χ2v) is 9.28. The second-order valence-electron chi connectivity index (χ2n) is 9.28. The lowest BCUT2D eigenvalue weighted by Crippen LogP contribution is -2.39. The minimum atomic E-state index is -4.35. The zero-order valence-electron chi connectivity index (χ0n) is 17.9. The monoisotopic (exact) mass is 385 g/mol. The fourth-order valence-corrected chi connectivity index (χ4v) is 3.51. The Balaban J connectivity index is 3.44. The summed E-state index contributed by atoms with van der Waals surface area (Å²) in [4.78, 5) is 0. The summed E-state index contributed by atoms with van der Waals surface area (Å²) in [5, 5.41) is 0. The van der Waals surface area contributed by atoms with Crippen LogP contribution in [0.2, 0.25) is 0 Å². The molecule has 0 amide bonds. The molecule has 0 radical (unpaired) electrons. The van der Waals surface area contributed by atoms with E-state index in [-0.39, 0.29) is 0 Å². The molecule has 156 valence electrons. The first-order chi connectivity index (χ1) is 12.4. The van der Waals surface area contributed by atoms with Gasteiger partial charge in [-0.1, -0.05) is 53.7 Å². The third-order valence-electron chi connectivity index (χ3n) is 5.33. The first-order valence-electron chi connectivity index (χ1n) is 10.3. The highest BCUT2D eigenvalue weighted by Crippen LogP contribution is 2.40. The highest BCUT2D eigenvalue weighted by atomic mass is 19.4. The van der Waals surface area contributed by atoms with Crippen LogP contribution in [0.5, 0.6) is 0 Å². The number of halogens is 3. The Bertz CT molecular complexity index is 561. The molecule has 0 bridgehead atoms. The maximum Gasteiger partial charge on any atom is 0.416 e. The van der Waals surface area contributed by atoms with Crippen LogP contribution in [0.25, 0.3) is 0 Å². The number of hydrogen-bond donors (Lipinski definition) is 1. The second kappa shape index (κ2) is 9.95. The van der Waals surface area contributed by atoms with Gasteiger partial charge >= 0.3 is 6.18 Å². The highest BCUT2D eigenvalue weighted by Gasteiger charge is 2.37. The summed E-state index contributed by atoms with van der Waals surface area (Å²) in [5.41, 5.74) is 6.77. The Hall–Kier alpha value is -1.03. The zero-order valence-corrected chi connectivity index (χ0v) is 17.9. The van der Waals surface area contributed by atoms with Gasteiger partial charge in [-0.15, -0.1) is 0 Å². The molecule has 0 aliphatic heterocycles. The predicted molar refractivity (Wildman–Crippen MR) is 109 cm³/mol. The number of alkyl halides is 3. The molecule has 2 N–H and O–H groups in total. The number of hydrogen-bond acceptors (Lipinski definition) is 1. The fourth-order valence-electron chi connectivity index (χ4n) is 3.51.